The zero-order valence-corrected chi connectivity index (χ0v) is 20.0. The Hall–Kier alpha value is -4.13. The van der Waals surface area contributed by atoms with Crippen LogP contribution in [0.15, 0.2) is 75.9 Å². The number of rotatable bonds is 8. The molecule has 0 aliphatic heterocycles. The molecule has 35 heavy (non-hydrogen) atoms. The molecule has 1 atom stereocenters. The monoisotopic (exact) mass is 472 g/mol. The number of benzene rings is 3. The van der Waals surface area contributed by atoms with Crippen LogP contribution in [0.25, 0.3) is 21.7 Å². The van der Waals surface area contributed by atoms with Crippen LogP contribution >= 0.6 is 0 Å². The maximum absolute atomic E-state index is 12.7. The van der Waals surface area contributed by atoms with E-state index in [2.05, 4.69) is 10.6 Å². The van der Waals surface area contributed by atoms with E-state index in [4.69, 9.17) is 9.15 Å². The highest BCUT2D eigenvalue weighted by Gasteiger charge is 2.22. The van der Waals surface area contributed by atoms with E-state index < -0.39 is 17.6 Å². The third-order valence-electron chi connectivity index (χ3n) is 5.71. The smallest absolute Gasteiger partial charge is 0.344 e. The molecular weight excluding hydrogens is 444 g/mol. The lowest BCUT2D eigenvalue weighted by Crippen LogP contribution is -2.50. The van der Waals surface area contributed by atoms with Gasteiger partial charge in [-0.2, -0.15) is 0 Å². The Bertz CT molecular complexity index is 1430. The van der Waals surface area contributed by atoms with Crippen molar-refractivity contribution in [3.8, 4) is 5.75 Å². The molecule has 3 aromatic carbocycles. The highest BCUT2D eigenvalue weighted by molar-refractivity contribution is 6.05. The SMILES string of the molecule is Cc1c(OCC(=O)N[C@@H](Cc2ccccc2)C(=O)NC(C)C)ccc2c1oc(=O)c1ccccc12. The molecule has 1 aromatic heterocycles. The molecule has 4 rings (SSSR count). The summed E-state index contributed by atoms with van der Waals surface area (Å²) in [6, 6.07) is 19.5. The lowest BCUT2D eigenvalue weighted by molar-refractivity contribution is -0.130. The molecule has 0 saturated carbocycles. The number of aryl methyl sites for hydroxylation is 1. The standard InChI is InChI=1S/C28H28N2O5/c1-17(2)29-27(32)23(15-19-9-5-4-6-10-19)30-25(31)16-34-24-14-13-21-20-11-7-8-12-22(20)28(33)35-26(21)18(24)3/h4-14,17,23H,15-16H2,1-3H3,(H,29,32)(H,30,31)/t23-/m0/s1. The van der Waals surface area contributed by atoms with Crippen molar-refractivity contribution >= 4 is 33.6 Å². The summed E-state index contributed by atoms with van der Waals surface area (Å²) in [4.78, 5) is 37.8. The van der Waals surface area contributed by atoms with Crippen LogP contribution in [0.2, 0.25) is 0 Å². The van der Waals surface area contributed by atoms with Gasteiger partial charge in [-0.1, -0.05) is 48.5 Å². The average molecular weight is 473 g/mol. The Morgan fingerprint density at radius 3 is 2.29 bits per heavy atom. The van der Waals surface area contributed by atoms with Crippen molar-refractivity contribution in [2.75, 3.05) is 6.61 Å². The summed E-state index contributed by atoms with van der Waals surface area (Å²) in [5, 5.41) is 7.74. The van der Waals surface area contributed by atoms with Crippen molar-refractivity contribution in [3.05, 3.63) is 88.3 Å². The van der Waals surface area contributed by atoms with Gasteiger partial charge in [0.25, 0.3) is 5.91 Å². The zero-order chi connectivity index (χ0) is 24.9. The topological polar surface area (TPSA) is 97.6 Å². The van der Waals surface area contributed by atoms with Gasteiger partial charge in [0.2, 0.25) is 5.91 Å². The number of hydrogen-bond acceptors (Lipinski definition) is 5. The van der Waals surface area contributed by atoms with E-state index in [0.29, 0.717) is 28.7 Å². The summed E-state index contributed by atoms with van der Waals surface area (Å²) in [5.74, 6) is -0.255. The third-order valence-corrected chi connectivity index (χ3v) is 5.71. The lowest BCUT2D eigenvalue weighted by atomic mass is 10.0. The second-order valence-electron chi connectivity index (χ2n) is 8.76. The molecule has 2 N–H and O–H groups in total. The molecule has 7 heteroatoms. The van der Waals surface area contributed by atoms with Crippen LogP contribution in [0.1, 0.15) is 25.0 Å². The maximum atomic E-state index is 12.7. The fourth-order valence-corrected chi connectivity index (χ4v) is 4.04. The Balaban J connectivity index is 1.50. The minimum atomic E-state index is -0.738. The first-order valence-electron chi connectivity index (χ1n) is 11.5. The summed E-state index contributed by atoms with van der Waals surface area (Å²) in [5.41, 5.74) is 1.55. The highest BCUT2D eigenvalue weighted by atomic mass is 16.5. The first kappa shape index (κ1) is 24.0. The third kappa shape index (κ3) is 5.51. The van der Waals surface area contributed by atoms with Crippen LogP contribution in [-0.4, -0.2) is 30.5 Å². The van der Waals surface area contributed by atoms with Crippen LogP contribution in [-0.2, 0) is 16.0 Å². The molecule has 0 spiro atoms. The number of carbonyl (C=O) groups excluding carboxylic acids is 2. The van der Waals surface area contributed by atoms with Gasteiger partial charge in [-0.05, 0) is 49.9 Å². The molecule has 7 nitrogen and oxygen atoms in total. The summed E-state index contributed by atoms with van der Waals surface area (Å²) in [6.07, 6.45) is 0.359. The van der Waals surface area contributed by atoms with Gasteiger partial charge in [-0.3, -0.25) is 9.59 Å². The zero-order valence-electron chi connectivity index (χ0n) is 20.0. The summed E-state index contributed by atoms with van der Waals surface area (Å²) in [6.45, 7) is 5.23. The molecule has 2 amide bonds. The Morgan fingerprint density at radius 2 is 1.57 bits per heavy atom. The van der Waals surface area contributed by atoms with Crippen molar-refractivity contribution in [1.82, 2.24) is 10.6 Å². The molecule has 0 radical (unpaired) electrons. The maximum Gasteiger partial charge on any atom is 0.344 e. The van der Waals surface area contributed by atoms with Crippen LogP contribution in [0.4, 0.5) is 0 Å². The van der Waals surface area contributed by atoms with Gasteiger partial charge in [0.15, 0.2) is 6.61 Å². The van der Waals surface area contributed by atoms with Crippen LogP contribution in [0.3, 0.4) is 0 Å². The van der Waals surface area contributed by atoms with E-state index in [9.17, 15) is 14.4 Å². The second kappa shape index (κ2) is 10.4. The van der Waals surface area contributed by atoms with Crippen LogP contribution in [0.5, 0.6) is 5.75 Å². The second-order valence-corrected chi connectivity index (χ2v) is 8.76. The molecular formula is C28H28N2O5. The summed E-state index contributed by atoms with van der Waals surface area (Å²) in [7, 11) is 0. The quantitative estimate of drug-likeness (QED) is 0.300. The number of ether oxygens (including phenoxy) is 1. The van der Waals surface area contributed by atoms with Crippen molar-refractivity contribution in [1.29, 1.82) is 0 Å². The number of amides is 2. The van der Waals surface area contributed by atoms with Gasteiger partial charge < -0.3 is 19.8 Å². The predicted molar refractivity (Wildman–Crippen MR) is 136 cm³/mol. The molecule has 0 aliphatic rings. The van der Waals surface area contributed by atoms with Gasteiger partial charge >= 0.3 is 5.63 Å². The molecule has 180 valence electrons. The molecule has 4 aromatic rings. The van der Waals surface area contributed by atoms with Crippen molar-refractivity contribution in [2.45, 2.75) is 39.3 Å². The Labute approximate surface area is 203 Å². The van der Waals surface area contributed by atoms with Crippen LogP contribution in [0, 0.1) is 6.92 Å². The minimum absolute atomic E-state index is 0.0556. The van der Waals surface area contributed by atoms with E-state index >= 15 is 0 Å². The largest absolute Gasteiger partial charge is 0.483 e. The summed E-state index contributed by atoms with van der Waals surface area (Å²) >= 11 is 0. The van der Waals surface area contributed by atoms with E-state index in [-0.39, 0.29) is 18.6 Å². The van der Waals surface area contributed by atoms with E-state index in [1.807, 2.05) is 62.4 Å². The number of nitrogens with one attached hydrogen (secondary N) is 2. The Morgan fingerprint density at radius 1 is 0.886 bits per heavy atom. The van der Waals surface area contributed by atoms with Crippen molar-refractivity contribution < 1.29 is 18.7 Å². The molecule has 0 aliphatic carbocycles. The average Bonchev–Trinajstić information content (AvgIpc) is 2.84. The fourth-order valence-electron chi connectivity index (χ4n) is 4.04. The Kier molecular flexibility index (Phi) is 7.15. The van der Waals surface area contributed by atoms with Gasteiger partial charge in [0, 0.05) is 23.4 Å². The lowest BCUT2D eigenvalue weighted by Gasteiger charge is -2.20. The number of carbonyl (C=O) groups is 2. The normalized spacial score (nSPS) is 12.0. The first-order valence-corrected chi connectivity index (χ1v) is 11.5. The van der Waals surface area contributed by atoms with E-state index in [0.717, 1.165) is 16.3 Å². The molecule has 0 fully saturated rings. The minimum Gasteiger partial charge on any atom is -0.483 e. The molecule has 0 saturated heterocycles. The van der Waals surface area contributed by atoms with Gasteiger partial charge in [-0.15, -0.1) is 0 Å². The predicted octanol–water partition coefficient (Wildman–Crippen LogP) is 3.89. The van der Waals surface area contributed by atoms with Crippen molar-refractivity contribution in [2.24, 2.45) is 0 Å². The van der Waals surface area contributed by atoms with E-state index in [1.54, 1.807) is 25.1 Å². The fraction of sp³-hybridized carbons (Fsp3) is 0.250. The summed E-state index contributed by atoms with van der Waals surface area (Å²) < 4.78 is 11.3. The number of hydrogen-bond donors (Lipinski definition) is 2. The van der Waals surface area contributed by atoms with Crippen molar-refractivity contribution in [3.63, 3.8) is 0 Å². The van der Waals surface area contributed by atoms with Gasteiger partial charge in [0.05, 0.1) is 5.39 Å². The number of fused-ring (bicyclic) bond motifs is 3. The highest BCUT2D eigenvalue weighted by Crippen LogP contribution is 2.30. The van der Waals surface area contributed by atoms with Gasteiger partial charge in [-0.25, -0.2) is 4.79 Å². The molecule has 1 heterocycles. The van der Waals surface area contributed by atoms with Crippen LogP contribution < -0.4 is 21.0 Å². The first-order chi connectivity index (χ1) is 16.8. The molecule has 0 unspecified atom stereocenters. The van der Waals surface area contributed by atoms with E-state index in [1.165, 1.54) is 0 Å². The van der Waals surface area contributed by atoms with Gasteiger partial charge in [0.1, 0.15) is 17.4 Å². The molecule has 0 bridgehead atoms.